The molecule has 2 rings (SSSR count). The van der Waals surface area contributed by atoms with Crippen molar-refractivity contribution in [1.82, 2.24) is 20.8 Å². The number of urea groups is 1. The lowest BCUT2D eigenvalue weighted by molar-refractivity contribution is -0.155. The molecule has 2 heterocycles. The standard InChI is InChI=1S/C10H13F3N4O4/c11-10(12,13)3-7(18)14-15-8(19)6-2-1-5-4-16(6)9(20)17(5)21/h5-6,21H,1-4H2,(H,14,18)(H,15,19)/t5?,6-/m0/s1. The molecule has 1 unspecified atom stereocenters. The van der Waals surface area contributed by atoms with Gasteiger partial charge in [-0.15, -0.1) is 0 Å². The van der Waals surface area contributed by atoms with Gasteiger partial charge < -0.3 is 4.90 Å². The predicted molar refractivity (Wildman–Crippen MR) is 59.5 cm³/mol. The second-order valence-corrected chi connectivity index (χ2v) is 4.86. The molecule has 0 saturated carbocycles. The number of amides is 4. The number of nitrogens with zero attached hydrogens (tertiary/aromatic N) is 2. The van der Waals surface area contributed by atoms with Gasteiger partial charge in [0.05, 0.1) is 6.04 Å². The van der Waals surface area contributed by atoms with Gasteiger partial charge in [0.1, 0.15) is 12.5 Å². The van der Waals surface area contributed by atoms with Crippen LogP contribution < -0.4 is 10.9 Å². The van der Waals surface area contributed by atoms with E-state index in [1.165, 1.54) is 0 Å². The Morgan fingerprint density at radius 1 is 1.29 bits per heavy atom. The Morgan fingerprint density at radius 2 is 1.95 bits per heavy atom. The highest BCUT2D eigenvalue weighted by Gasteiger charge is 2.46. The summed E-state index contributed by atoms with van der Waals surface area (Å²) >= 11 is 0. The average Bonchev–Trinajstić information content (AvgIpc) is 2.60. The van der Waals surface area contributed by atoms with Crippen molar-refractivity contribution < 1.29 is 32.8 Å². The van der Waals surface area contributed by atoms with Crippen LogP contribution in [-0.4, -0.2) is 57.8 Å². The lowest BCUT2D eigenvalue weighted by Gasteiger charge is -2.29. The Labute approximate surface area is 116 Å². The summed E-state index contributed by atoms with van der Waals surface area (Å²) in [4.78, 5) is 35.5. The summed E-state index contributed by atoms with van der Waals surface area (Å²) in [5.41, 5.74) is 3.51. The Bertz CT molecular complexity index is 470. The van der Waals surface area contributed by atoms with Crippen LogP contribution in [0, 0.1) is 0 Å². The van der Waals surface area contributed by atoms with Crippen molar-refractivity contribution >= 4 is 17.8 Å². The van der Waals surface area contributed by atoms with Crippen LogP contribution in [0.25, 0.3) is 0 Å². The van der Waals surface area contributed by atoms with Crippen LogP contribution in [0.3, 0.4) is 0 Å². The Kier molecular flexibility index (Phi) is 3.94. The molecule has 2 fully saturated rings. The second kappa shape index (κ2) is 5.39. The van der Waals surface area contributed by atoms with Gasteiger partial charge in [-0.25, -0.2) is 9.86 Å². The normalized spacial score (nSPS) is 25.0. The lowest BCUT2D eigenvalue weighted by atomic mass is 10.0. The molecule has 2 atom stereocenters. The van der Waals surface area contributed by atoms with Gasteiger partial charge in [-0.3, -0.25) is 25.6 Å². The van der Waals surface area contributed by atoms with Gasteiger partial charge >= 0.3 is 12.2 Å². The molecule has 0 aromatic carbocycles. The number of rotatable bonds is 2. The van der Waals surface area contributed by atoms with Gasteiger partial charge in [0.15, 0.2) is 0 Å². The molecular weight excluding hydrogens is 297 g/mol. The molecule has 0 spiro atoms. The van der Waals surface area contributed by atoms with E-state index in [0.717, 1.165) is 4.90 Å². The summed E-state index contributed by atoms with van der Waals surface area (Å²) in [6, 6.07) is -2.06. The van der Waals surface area contributed by atoms with Crippen molar-refractivity contribution in [2.45, 2.75) is 37.5 Å². The smallest absolute Gasteiger partial charge is 0.309 e. The summed E-state index contributed by atoms with van der Waals surface area (Å²) in [5.74, 6) is -2.20. The van der Waals surface area contributed by atoms with Crippen LogP contribution in [-0.2, 0) is 9.59 Å². The number of piperidine rings is 1. The highest BCUT2D eigenvalue weighted by atomic mass is 19.4. The van der Waals surface area contributed by atoms with Crippen molar-refractivity contribution in [2.75, 3.05) is 6.54 Å². The summed E-state index contributed by atoms with van der Waals surface area (Å²) < 4.78 is 35.8. The molecule has 3 N–H and O–H groups in total. The van der Waals surface area contributed by atoms with Crippen LogP contribution >= 0.6 is 0 Å². The quantitative estimate of drug-likeness (QED) is 0.483. The zero-order chi connectivity index (χ0) is 15.8. The van der Waals surface area contributed by atoms with Crippen LogP contribution in [0.5, 0.6) is 0 Å². The molecule has 4 amide bonds. The molecule has 2 aliphatic heterocycles. The number of fused-ring (bicyclic) bond motifs is 2. The van der Waals surface area contributed by atoms with Gasteiger partial charge in [0.2, 0.25) is 5.91 Å². The fourth-order valence-electron chi connectivity index (χ4n) is 2.36. The van der Waals surface area contributed by atoms with Crippen LogP contribution in [0.1, 0.15) is 19.3 Å². The number of hydroxylamine groups is 2. The zero-order valence-electron chi connectivity index (χ0n) is 10.7. The van der Waals surface area contributed by atoms with Crippen LogP contribution in [0.15, 0.2) is 0 Å². The maximum absolute atomic E-state index is 11.9. The number of hydrogen-bond acceptors (Lipinski definition) is 4. The Morgan fingerprint density at radius 3 is 2.57 bits per heavy atom. The van der Waals surface area contributed by atoms with Crippen molar-refractivity contribution in [2.24, 2.45) is 0 Å². The zero-order valence-corrected chi connectivity index (χ0v) is 10.7. The molecule has 21 heavy (non-hydrogen) atoms. The first-order valence-electron chi connectivity index (χ1n) is 6.13. The molecule has 0 radical (unpaired) electrons. The van der Waals surface area contributed by atoms with Gasteiger partial charge in [-0.1, -0.05) is 0 Å². The minimum atomic E-state index is -4.67. The van der Waals surface area contributed by atoms with Gasteiger partial charge in [0.25, 0.3) is 5.91 Å². The molecule has 8 nitrogen and oxygen atoms in total. The topological polar surface area (TPSA) is 102 Å². The molecule has 2 bridgehead atoms. The summed E-state index contributed by atoms with van der Waals surface area (Å²) in [7, 11) is 0. The van der Waals surface area contributed by atoms with E-state index >= 15 is 0 Å². The number of halogens is 3. The van der Waals surface area contributed by atoms with E-state index in [2.05, 4.69) is 0 Å². The van der Waals surface area contributed by atoms with Crippen molar-refractivity contribution in [3.63, 3.8) is 0 Å². The fraction of sp³-hybridized carbons (Fsp3) is 0.700. The molecule has 0 aromatic rings. The predicted octanol–water partition coefficient (Wildman–Crippen LogP) is -0.256. The highest BCUT2D eigenvalue weighted by Crippen LogP contribution is 2.28. The Balaban J connectivity index is 1.87. The molecule has 118 valence electrons. The average molecular weight is 310 g/mol. The Hall–Kier alpha value is -2.04. The van der Waals surface area contributed by atoms with Gasteiger partial charge in [0, 0.05) is 6.54 Å². The first kappa shape index (κ1) is 15.4. The summed E-state index contributed by atoms with van der Waals surface area (Å²) in [6.45, 7) is 0.157. The van der Waals surface area contributed by atoms with Crippen LogP contribution in [0.4, 0.5) is 18.0 Å². The minimum Gasteiger partial charge on any atom is -0.309 e. The van der Waals surface area contributed by atoms with Gasteiger partial charge in [-0.05, 0) is 12.8 Å². The SMILES string of the molecule is O=C(CC(F)(F)F)NNC(=O)[C@@H]1CCC2CN1C(=O)N2O. The summed E-state index contributed by atoms with van der Waals surface area (Å²) in [5, 5.41) is 9.97. The number of nitrogens with one attached hydrogen (secondary N) is 2. The van der Waals surface area contributed by atoms with E-state index < -0.39 is 36.5 Å². The molecule has 2 aliphatic rings. The number of carbonyl (C=O) groups is 3. The van der Waals surface area contributed by atoms with E-state index in [1.807, 2.05) is 5.43 Å². The van der Waals surface area contributed by atoms with E-state index in [4.69, 9.17) is 0 Å². The minimum absolute atomic E-state index is 0.157. The second-order valence-electron chi connectivity index (χ2n) is 4.86. The van der Waals surface area contributed by atoms with E-state index in [9.17, 15) is 32.8 Å². The first-order valence-corrected chi connectivity index (χ1v) is 6.13. The third kappa shape index (κ3) is 3.35. The molecule has 2 saturated heterocycles. The summed E-state index contributed by atoms with van der Waals surface area (Å²) in [6.07, 6.45) is -5.76. The largest absolute Gasteiger partial charge is 0.397 e. The monoisotopic (exact) mass is 310 g/mol. The number of alkyl halides is 3. The number of carbonyl (C=O) groups excluding carboxylic acids is 3. The van der Waals surface area contributed by atoms with Crippen molar-refractivity contribution in [3.05, 3.63) is 0 Å². The molecule has 11 heteroatoms. The van der Waals surface area contributed by atoms with Crippen molar-refractivity contribution in [1.29, 1.82) is 0 Å². The third-order valence-electron chi connectivity index (χ3n) is 3.33. The van der Waals surface area contributed by atoms with E-state index in [1.54, 1.807) is 5.43 Å². The maximum atomic E-state index is 11.9. The van der Waals surface area contributed by atoms with Crippen molar-refractivity contribution in [3.8, 4) is 0 Å². The lowest BCUT2D eigenvalue weighted by Crippen LogP contribution is -2.54. The van der Waals surface area contributed by atoms with Gasteiger partial charge in [-0.2, -0.15) is 13.2 Å². The fourth-order valence-corrected chi connectivity index (χ4v) is 2.36. The van der Waals surface area contributed by atoms with Crippen LogP contribution in [0.2, 0.25) is 0 Å². The highest BCUT2D eigenvalue weighted by molar-refractivity contribution is 5.89. The molecule has 0 aromatic heterocycles. The number of hydrazine groups is 1. The van der Waals surface area contributed by atoms with E-state index in [0.29, 0.717) is 11.5 Å². The number of hydrogen-bond donors (Lipinski definition) is 3. The van der Waals surface area contributed by atoms with E-state index in [-0.39, 0.29) is 19.0 Å². The third-order valence-corrected chi connectivity index (χ3v) is 3.33. The molecular formula is C10H13F3N4O4. The first-order chi connectivity index (χ1) is 9.69. The molecule has 0 aliphatic carbocycles. The maximum Gasteiger partial charge on any atom is 0.397 e.